The molecule has 8 nitrogen and oxygen atoms in total. The number of amides is 3. The standard InChI is InChI=1S/C25H21F3N4O4/c26-25(27,28)18-7-9-19(10-8-18)30-24(36)32-12-2-5-20(32)22(33)31-21-11-6-17(14-29-21)15-3-1-4-16(13-15)23(34)35/h1,3-4,6-11,13-14,20H,2,5,12H2,(H,30,36)(H,34,35)(H,29,31,33)/t20-/m1/s1. The molecule has 4 rings (SSSR count). The maximum Gasteiger partial charge on any atom is 0.416 e. The molecule has 0 saturated carbocycles. The van der Waals surface area contributed by atoms with Crippen molar-refractivity contribution >= 4 is 29.4 Å². The number of pyridine rings is 1. The molecule has 3 aromatic rings. The Labute approximate surface area is 203 Å². The minimum absolute atomic E-state index is 0.140. The Balaban J connectivity index is 1.39. The number of halogens is 3. The first-order chi connectivity index (χ1) is 17.1. The van der Waals surface area contributed by atoms with Gasteiger partial charge in [-0.3, -0.25) is 4.79 Å². The quantitative estimate of drug-likeness (QED) is 0.453. The number of urea groups is 1. The van der Waals surface area contributed by atoms with Crippen molar-refractivity contribution in [3.63, 3.8) is 0 Å². The number of carboxylic acids is 1. The summed E-state index contributed by atoms with van der Waals surface area (Å²) < 4.78 is 38.2. The summed E-state index contributed by atoms with van der Waals surface area (Å²) in [5.41, 5.74) is 0.813. The molecule has 1 aliphatic rings. The highest BCUT2D eigenvalue weighted by Crippen LogP contribution is 2.30. The normalized spacial score (nSPS) is 15.4. The van der Waals surface area contributed by atoms with Gasteiger partial charge in [-0.1, -0.05) is 12.1 Å². The van der Waals surface area contributed by atoms with Crippen LogP contribution in [0.15, 0.2) is 66.9 Å². The van der Waals surface area contributed by atoms with Gasteiger partial charge in [0, 0.05) is 24.0 Å². The third kappa shape index (κ3) is 5.62. The van der Waals surface area contributed by atoms with Crippen molar-refractivity contribution in [1.29, 1.82) is 0 Å². The van der Waals surface area contributed by atoms with Gasteiger partial charge in [-0.05, 0) is 66.9 Å². The number of hydrogen-bond acceptors (Lipinski definition) is 4. The zero-order valence-corrected chi connectivity index (χ0v) is 18.7. The minimum atomic E-state index is -4.48. The van der Waals surface area contributed by atoms with E-state index in [2.05, 4.69) is 15.6 Å². The number of anilines is 2. The second kappa shape index (κ2) is 10.1. The molecule has 1 atom stereocenters. The van der Waals surface area contributed by atoms with E-state index in [4.69, 9.17) is 5.11 Å². The number of likely N-dealkylation sites (tertiary alicyclic amines) is 1. The van der Waals surface area contributed by atoms with Gasteiger partial charge in [-0.25, -0.2) is 14.6 Å². The van der Waals surface area contributed by atoms with E-state index in [1.54, 1.807) is 24.3 Å². The molecule has 0 unspecified atom stereocenters. The van der Waals surface area contributed by atoms with Crippen LogP contribution >= 0.6 is 0 Å². The lowest BCUT2D eigenvalue weighted by Gasteiger charge is -2.24. The van der Waals surface area contributed by atoms with E-state index < -0.39 is 35.7 Å². The van der Waals surface area contributed by atoms with E-state index in [1.807, 2.05) is 0 Å². The molecule has 1 aliphatic heterocycles. The van der Waals surface area contributed by atoms with Gasteiger partial charge in [0.2, 0.25) is 5.91 Å². The van der Waals surface area contributed by atoms with Crippen LogP contribution < -0.4 is 10.6 Å². The maximum absolute atomic E-state index is 12.8. The van der Waals surface area contributed by atoms with Gasteiger partial charge in [0.05, 0.1) is 11.1 Å². The average Bonchev–Trinajstić information content (AvgIpc) is 3.35. The third-order valence-corrected chi connectivity index (χ3v) is 5.74. The summed E-state index contributed by atoms with van der Waals surface area (Å²) in [7, 11) is 0. The SMILES string of the molecule is O=C(O)c1cccc(-c2ccc(NC(=O)[C@H]3CCCN3C(=O)Nc3ccc(C(F)(F)F)cc3)nc2)c1. The first kappa shape index (κ1) is 24.7. The minimum Gasteiger partial charge on any atom is -0.478 e. The zero-order chi connectivity index (χ0) is 25.9. The highest BCUT2D eigenvalue weighted by atomic mass is 19.4. The van der Waals surface area contributed by atoms with Gasteiger partial charge < -0.3 is 20.6 Å². The average molecular weight is 498 g/mol. The number of nitrogens with one attached hydrogen (secondary N) is 2. The van der Waals surface area contributed by atoms with Crippen molar-refractivity contribution in [3.05, 3.63) is 78.0 Å². The Morgan fingerprint density at radius 2 is 1.72 bits per heavy atom. The Hall–Kier alpha value is -4.41. The number of aromatic carboxylic acids is 1. The molecule has 1 saturated heterocycles. The van der Waals surface area contributed by atoms with Crippen LogP contribution in [0.1, 0.15) is 28.8 Å². The molecule has 2 aromatic carbocycles. The number of carbonyl (C=O) groups is 3. The van der Waals surface area contributed by atoms with Crippen molar-refractivity contribution in [2.75, 3.05) is 17.2 Å². The molecule has 0 bridgehead atoms. The van der Waals surface area contributed by atoms with Crippen molar-refractivity contribution in [1.82, 2.24) is 9.88 Å². The molecule has 1 aromatic heterocycles. The third-order valence-electron chi connectivity index (χ3n) is 5.74. The smallest absolute Gasteiger partial charge is 0.416 e. The number of nitrogens with zero attached hydrogens (tertiary/aromatic N) is 2. The number of carboxylic acid groups (broad SMARTS) is 1. The predicted octanol–water partition coefficient (Wildman–Crippen LogP) is 5.10. The van der Waals surface area contributed by atoms with Crippen molar-refractivity contribution < 1.29 is 32.7 Å². The van der Waals surface area contributed by atoms with Gasteiger partial charge in [0.25, 0.3) is 0 Å². The Morgan fingerprint density at radius 1 is 0.972 bits per heavy atom. The van der Waals surface area contributed by atoms with Gasteiger partial charge in [-0.2, -0.15) is 13.2 Å². The maximum atomic E-state index is 12.8. The summed E-state index contributed by atoms with van der Waals surface area (Å²) in [5.74, 6) is -1.23. The molecule has 3 amide bonds. The van der Waals surface area contributed by atoms with Crippen molar-refractivity contribution in [3.8, 4) is 11.1 Å². The number of alkyl halides is 3. The molecule has 11 heteroatoms. The second-order valence-corrected chi connectivity index (χ2v) is 8.16. The van der Waals surface area contributed by atoms with Gasteiger partial charge >= 0.3 is 18.2 Å². The Morgan fingerprint density at radius 3 is 2.36 bits per heavy atom. The molecular weight excluding hydrogens is 477 g/mol. The molecule has 1 fully saturated rings. The molecule has 3 N–H and O–H groups in total. The largest absolute Gasteiger partial charge is 0.478 e. The molecule has 186 valence electrons. The van der Waals surface area contributed by atoms with Crippen LogP contribution in [0.3, 0.4) is 0 Å². The second-order valence-electron chi connectivity index (χ2n) is 8.16. The number of benzene rings is 2. The van der Waals surface area contributed by atoms with Crippen LogP contribution in [-0.4, -0.2) is 45.5 Å². The van der Waals surface area contributed by atoms with Crippen molar-refractivity contribution in [2.45, 2.75) is 25.1 Å². The van der Waals surface area contributed by atoms with Crippen LogP contribution in [0.2, 0.25) is 0 Å². The molecule has 36 heavy (non-hydrogen) atoms. The summed E-state index contributed by atoms with van der Waals surface area (Å²) in [6, 6.07) is 12.3. The van der Waals surface area contributed by atoms with Crippen LogP contribution in [0.4, 0.5) is 29.5 Å². The van der Waals surface area contributed by atoms with E-state index in [0.717, 1.165) is 24.3 Å². The van der Waals surface area contributed by atoms with E-state index in [-0.39, 0.29) is 17.1 Å². The van der Waals surface area contributed by atoms with Crippen LogP contribution in [0.5, 0.6) is 0 Å². The van der Waals surface area contributed by atoms with Crippen molar-refractivity contribution in [2.24, 2.45) is 0 Å². The van der Waals surface area contributed by atoms with Gasteiger partial charge in [0.1, 0.15) is 11.9 Å². The number of carbonyl (C=O) groups excluding carboxylic acids is 2. The highest BCUT2D eigenvalue weighted by molar-refractivity contribution is 5.99. The van der Waals surface area contributed by atoms with Gasteiger partial charge in [0.15, 0.2) is 0 Å². The number of rotatable bonds is 5. The molecule has 0 radical (unpaired) electrons. The Kier molecular flexibility index (Phi) is 6.91. The summed E-state index contributed by atoms with van der Waals surface area (Å²) in [4.78, 5) is 42.3. The predicted molar refractivity (Wildman–Crippen MR) is 125 cm³/mol. The fourth-order valence-electron chi connectivity index (χ4n) is 3.90. The molecule has 2 heterocycles. The van der Waals surface area contributed by atoms with Crippen LogP contribution in [0, 0.1) is 0 Å². The van der Waals surface area contributed by atoms with Crippen LogP contribution in [-0.2, 0) is 11.0 Å². The molecular formula is C25H21F3N4O4. The Bertz CT molecular complexity index is 1280. The lowest BCUT2D eigenvalue weighted by molar-refractivity contribution is -0.137. The fourth-order valence-corrected chi connectivity index (χ4v) is 3.90. The summed E-state index contributed by atoms with van der Waals surface area (Å²) in [6.45, 7) is 0.316. The van der Waals surface area contributed by atoms with Gasteiger partial charge in [-0.15, -0.1) is 0 Å². The zero-order valence-electron chi connectivity index (χ0n) is 18.7. The fraction of sp³-hybridized carbons (Fsp3) is 0.200. The number of aromatic nitrogens is 1. The monoisotopic (exact) mass is 498 g/mol. The number of hydrogen-bond donors (Lipinski definition) is 3. The molecule has 0 aliphatic carbocycles. The highest BCUT2D eigenvalue weighted by Gasteiger charge is 2.35. The van der Waals surface area contributed by atoms with E-state index in [1.165, 1.54) is 23.2 Å². The summed E-state index contributed by atoms with van der Waals surface area (Å²) >= 11 is 0. The topological polar surface area (TPSA) is 112 Å². The lowest BCUT2D eigenvalue weighted by Crippen LogP contribution is -2.45. The van der Waals surface area contributed by atoms with E-state index in [9.17, 15) is 27.6 Å². The van der Waals surface area contributed by atoms with Crippen LogP contribution in [0.25, 0.3) is 11.1 Å². The summed E-state index contributed by atoms with van der Waals surface area (Å²) in [5, 5.41) is 14.4. The lowest BCUT2D eigenvalue weighted by atomic mass is 10.0. The first-order valence-corrected chi connectivity index (χ1v) is 11.0. The first-order valence-electron chi connectivity index (χ1n) is 11.0. The van der Waals surface area contributed by atoms with E-state index in [0.29, 0.717) is 30.5 Å². The van der Waals surface area contributed by atoms with E-state index >= 15 is 0 Å². The summed E-state index contributed by atoms with van der Waals surface area (Å²) in [6.07, 6.45) is -1.97. The molecule has 0 spiro atoms.